The van der Waals surface area contributed by atoms with Gasteiger partial charge in [-0.15, -0.1) is 0 Å². The van der Waals surface area contributed by atoms with Gasteiger partial charge >= 0.3 is 0 Å². The van der Waals surface area contributed by atoms with Crippen LogP contribution in [-0.4, -0.2) is 25.8 Å². The minimum absolute atomic E-state index is 0.521. The minimum atomic E-state index is 0.521. The van der Waals surface area contributed by atoms with Crippen LogP contribution in [0.3, 0.4) is 0 Å². The summed E-state index contributed by atoms with van der Waals surface area (Å²) in [5.41, 5.74) is 0. The van der Waals surface area contributed by atoms with Crippen molar-refractivity contribution in [2.24, 2.45) is 17.8 Å². The van der Waals surface area contributed by atoms with Crippen LogP contribution in [0.15, 0.2) is 0 Å². The van der Waals surface area contributed by atoms with Crippen molar-refractivity contribution in [3.63, 3.8) is 0 Å². The lowest BCUT2D eigenvalue weighted by atomic mass is 9.82. The Hall–Kier alpha value is -0.0800. The Kier molecular flexibility index (Phi) is 7.14. The molecule has 0 aromatic heterocycles. The van der Waals surface area contributed by atoms with Crippen molar-refractivity contribution in [3.8, 4) is 0 Å². The van der Waals surface area contributed by atoms with Gasteiger partial charge in [-0.25, -0.2) is 0 Å². The van der Waals surface area contributed by atoms with Crippen LogP contribution in [0, 0.1) is 17.8 Å². The van der Waals surface area contributed by atoms with Gasteiger partial charge in [0, 0.05) is 12.6 Å². The van der Waals surface area contributed by atoms with Gasteiger partial charge in [0.25, 0.3) is 0 Å². The Bertz CT molecular complexity index is 193. The van der Waals surface area contributed by atoms with Gasteiger partial charge in [-0.1, -0.05) is 33.6 Å². The Balaban J connectivity index is 2.25. The van der Waals surface area contributed by atoms with Crippen molar-refractivity contribution >= 4 is 0 Å². The van der Waals surface area contributed by atoms with E-state index < -0.39 is 0 Å². The summed E-state index contributed by atoms with van der Waals surface area (Å²) in [6, 6.07) is 0.521. The molecule has 1 saturated carbocycles. The molecule has 0 aromatic rings. The van der Waals surface area contributed by atoms with E-state index in [4.69, 9.17) is 4.74 Å². The fourth-order valence-electron chi connectivity index (χ4n) is 2.80. The van der Waals surface area contributed by atoms with E-state index in [0.717, 1.165) is 25.0 Å². The molecule has 102 valence electrons. The van der Waals surface area contributed by atoms with Gasteiger partial charge in [-0.3, -0.25) is 0 Å². The van der Waals surface area contributed by atoms with Crippen LogP contribution in [0.25, 0.3) is 0 Å². The maximum Gasteiger partial charge on any atom is 0.0621 e. The molecule has 2 nitrogen and oxygen atoms in total. The number of rotatable bonds is 7. The largest absolute Gasteiger partial charge is 0.380 e. The average molecular weight is 241 g/mol. The standard InChI is InChI=1S/C15H31NO/c1-5-17-11-15(12(2)3)16-10-14-8-6-7-13(4)9-14/h12-16H,5-11H2,1-4H3. The molecule has 1 aliphatic carbocycles. The summed E-state index contributed by atoms with van der Waals surface area (Å²) in [4.78, 5) is 0. The highest BCUT2D eigenvalue weighted by Gasteiger charge is 2.20. The van der Waals surface area contributed by atoms with Crippen molar-refractivity contribution in [1.29, 1.82) is 0 Å². The van der Waals surface area contributed by atoms with E-state index in [9.17, 15) is 0 Å². The normalized spacial score (nSPS) is 27.4. The van der Waals surface area contributed by atoms with Gasteiger partial charge < -0.3 is 10.1 Å². The summed E-state index contributed by atoms with van der Waals surface area (Å²) in [6.07, 6.45) is 5.68. The molecule has 0 aromatic carbocycles. The second-order valence-corrected chi connectivity index (χ2v) is 6.06. The van der Waals surface area contributed by atoms with Crippen molar-refractivity contribution < 1.29 is 4.74 Å². The predicted molar refractivity (Wildman–Crippen MR) is 74.2 cm³/mol. The first-order valence-electron chi connectivity index (χ1n) is 7.44. The van der Waals surface area contributed by atoms with Crippen LogP contribution in [0.1, 0.15) is 53.4 Å². The van der Waals surface area contributed by atoms with Crippen molar-refractivity contribution in [3.05, 3.63) is 0 Å². The number of hydrogen-bond donors (Lipinski definition) is 1. The van der Waals surface area contributed by atoms with Crippen LogP contribution in [-0.2, 0) is 4.74 Å². The highest BCUT2D eigenvalue weighted by atomic mass is 16.5. The van der Waals surface area contributed by atoms with E-state index in [2.05, 4.69) is 33.0 Å². The number of hydrogen-bond acceptors (Lipinski definition) is 2. The van der Waals surface area contributed by atoms with Gasteiger partial charge in [0.15, 0.2) is 0 Å². The highest BCUT2D eigenvalue weighted by Crippen LogP contribution is 2.28. The molecular weight excluding hydrogens is 210 g/mol. The molecule has 0 amide bonds. The molecule has 1 aliphatic rings. The Labute approximate surface area is 108 Å². The maximum atomic E-state index is 5.56. The molecule has 1 fully saturated rings. The molecule has 0 radical (unpaired) electrons. The molecule has 2 heteroatoms. The number of ether oxygens (including phenoxy) is 1. The summed E-state index contributed by atoms with van der Waals surface area (Å²) in [5.74, 6) is 2.48. The van der Waals surface area contributed by atoms with Gasteiger partial charge in [0.05, 0.1) is 6.61 Å². The monoisotopic (exact) mass is 241 g/mol. The van der Waals surface area contributed by atoms with E-state index in [1.54, 1.807) is 0 Å². The lowest BCUT2D eigenvalue weighted by Crippen LogP contribution is -2.41. The van der Waals surface area contributed by atoms with Gasteiger partial charge in [-0.2, -0.15) is 0 Å². The maximum absolute atomic E-state index is 5.56. The van der Waals surface area contributed by atoms with Crippen LogP contribution in [0.5, 0.6) is 0 Å². The average Bonchev–Trinajstić information content (AvgIpc) is 2.28. The molecule has 3 unspecified atom stereocenters. The molecule has 1 N–H and O–H groups in total. The summed E-state index contributed by atoms with van der Waals surface area (Å²) in [6.45, 7) is 11.9. The fraction of sp³-hybridized carbons (Fsp3) is 1.00. The third-order valence-electron chi connectivity index (χ3n) is 4.02. The Morgan fingerprint density at radius 2 is 2.06 bits per heavy atom. The lowest BCUT2D eigenvalue weighted by molar-refractivity contribution is 0.104. The zero-order valence-corrected chi connectivity index (χ0v) is 12.2. The first-order valence-corrected chi connectivity index (χ1v) is 7.44. The summed E-state index contributed by atoms with van der Waals surface area (Å²) < 4.78 is 5.56. The quantitative estimate of drug-likeness (QED) is 0.737. The van der Waals surface area contributed by atoms with Crippen molar-refractivity contribution in [2.45, 2.75) is 59.4 Å². The van der Waals surface area contributed by atoms with Gasteiger partial charge in [0.2, 0.25) is 0 Å². The minimum Gasteiger partial charge on any atom is -0.380 e. The van der Waals surface area contributed by atoms with E-state index in [1.165, 1.54) is 32.2 Å². The second kappa shape index (κ2) is 8.10. The van der Waals surface area contributed by atoms with E-state index >= 15 is 0 Å². The molecule has 17 heavy (non-hydrogen) atoms. The Morgan fingerprint density at radius 1 is 1.29 bits per heavy atom. The molecule has 0 aliphatic heterocycles. The van der Waals surface area contributed by atoms with Crippen molar-refractivity contribution in [2.75, 3.05) is 19.8 Å². The molecule has 0 bridgehead atoms. The van der Waals surface area contributed by atoms with Gasteiger partial charge in [-0.05, 0) is 44.1 Å². The van der Waals surface area contributed by atoms with Crippen LogP contribution in [0.4, 0.5) is 0 Å². The molecular formula is C15H31NO. The zero-order chi connectivity index (χ0) is 12.7. The molecule has 1 rings (SSSR count). The first-order chi connectivity index (χ1) is 8.13. The molecule has 0 saturated heterocycles. The fourth-order valence-corrected chi connectivity index (χ4v) is 2.80. The second-order valence-electron chi connectivity index (χ2n) is 6.06. The van der Waals surface area contributed by atoms with Gasteiger partial charge in [0.1, 0.15) is 0 Å². The summed E-state index contributed by atoms with van der Waals surface area (Å²) >= 11 is 0. The Morgan fingerprint density at radius 3 is 2.65 bits per heavy atom. The zero-order valence-electron chi connectivity index (χ0n) is 12.2. The van der Waals surface area contributed by atoms with E-state index in [0.29, 0.717) is 12.0 Å². The van der Waals surface area contributed by atoms with Crippen LogP contribution in [0.2, 0.25) is 0 Å². The van der Waals surface area contributed by atoms with Crippen LogP contribution >= 0.6 is 0 Å². The smallest absolute Gasteiger partial charge is 0.0621 e. The SMILES string of the molecule is CCOCC(NCC1CCCC(C)C1)C(C)C. The number of nitrogens with one attached hydrogen (secondary N) is 1. The summed E-state index contributed by atoms with van der Waals surface area (Å²) in [7, 11) is 0. The molecule has 0 spiro atoms. The third-order valence-corrected chi connectivity index (χ3v) is 4.02. The van der Waals surface area contributed by atoms with Crippen molar-refractivity contribution in [1.82, 2.24) is 5.32 Å². The summed E-state index contributed by atoms with van der Waals surface area (Å²) in [5, 5.41) is 3.72. The van der Waals surface area contributed by atoms with Crippen LogP contribution < -0.4 is 5.32 Å². The van der Waals surface area contributed by atoms with E-state index in [1.807, 2.05) is 0 Å². The first kappa shape index (κ1) is 15.0. The predicted octanol–water partition coefficient (Wildman–Crippen LogP) is 3.46. The lowest BCUT2D eigenvalue weighted by Gasteiger charge is -2.30. The van der Waals surface area contributed by atoms with E-state index in [-0.39, 0.29) is 0 Å². The molecule has 0 heterocycles. The highest BCUT2D eigenvalue weighted by molar-refractivity contribution is 4.76. The molecule has 3 atom stereocenters. The topological polar surface area (TPSA) is 21.3 Å². The third kappa shape index (κ3) is 5.87.